The second-order valence-electron chi connectivity index (χ2n) is 4.26. The molecule has 0 saturated carbocycles. The van der Waals surface area contributed by atoms with Crippen molar-refractivity contribution >= 4 is 11.6 Å². The second-order valence-corrected chi connectivity index (χ2v) is 4.63. The van der Waals surface area contributed by atoms with Crippen molar-refractivity contribution in [1.82, 2.24) is 9.80 Å². The van der Waals surface area contributed by atoms with Gasteiger partial charge < -0.3 is 14.4 Å². The number of likely N-dealkylation sites (N-methyl/N-ethyl adjacent to an activating group) is 1. The Morgan fingerprint density at radius 2 is 2.06 bits per heavy atom. The minimum absolute atomic E-state index is 0.326. The van der Waals surface area contributed by atoms with Crippen LogP contribution in [0.3, 0.4) is 0 Å². The van der Waals surface area contributed by atoms with Gasteiger partial charge in [0.15, 0.2) is 5.22 Å². The number of rotatable bonds is 3. The van der Waals surface area contributed by atoms with Crippen molar-refractivity contribution < 1.29 is 9.52 Å². The molecule has 0 aliphatic carbocycles. The third kappa shape index (κ3) is 2.98. The van der Waals surface area contributed by atoms with Crippen molar-refractivity contribution in [3.05, 3.63) is 23.1 Å². The minimum Gasteiger partial charge on any atom is -0.447 e. The lowest BCUT2D eigenvalue weighted by Crippen LogP contribution is -2.45. The molecule has 0 bridgehead atoms. The highest BCUT2D eigenvalue weighted by Gasteiger charge is 2.19. The minimum atomic E-state index is -0.587. The van der Waals surface area contributed by atoms with E-state index in [1.165, 1.54) is 0 Å². The first-order chi connectivity index (χ1) is 7.65. The Hall–Kier alpha value is -0.550. The molecular formula is C11H17ClN2O2. The number of halogens is 1. The standard InChI is InChI=1S/C11H17ClN2O2/c1-13-4-6-14(7-5-13)8-9(15)10-2-3-11(12)16-10/h2-3,9,15H,4-8H2,1H3. The lowest BCUT2D eigenvalue weighted by atomic mass is 10.2. The van der Waals surface area contributed by atoms with Crippen LogP contribution in [0, 0.1) is 0 Å². The van der Waals surface area contributed by atoms with Gasteiger partial charge in [0.05, 0.1) is 0 Å². The molecule has 1 aliphatic rings. The summed E-state index contributed by atoms with van der Waals surface area (Å²) in [6.07, 6.45) is -0.587. The van der Waals surface area contributed by atoms with E-state index < -0.39 is 6.10 Å². The van der Waals surface area contributed by atoms with E-state index in [2.05, 4.69) is 16.8 Å². The van der Waals surface area contributed by atoms with Crippen molar-refractivity contribution in [3.8, 4) is 0 Å². The number of aliphatic hydroxyl groups excluding tert-OH is 1. The smallest absolute Gasteiger partial charge is 0.193 e. The van der Waals surface area contributed by atoms with Gasteiger partial charge in [-0.3, -0.25) is 4.90 Å². The van der Waals surface area contributed by atoms with Gasteiger partial charge in [-0.1, -0.05) is 0 Å². The van der Waals surface area contributed by atoms with E-state index in [4.69, 9.17) is 16.0 Å². The van der Waals surface area contributed by atoms with Gasteiger partial charge in [0.2, 0.25) is 0 Å². The molecule has 5 heteroatoms. The first-order valence-corrected chi connectivity index (χ1v) is 5.87. The summed E-state index contributed by atoms with van der Waals surface area (Å²) >= 11 is 5.67. The zero-order chi connectivity index (χ0) is 11.5. The molecule has 2 heterocycles. The number of piperazine rings is 1. The van der Waals surface area contributed by atoms with Crippen LogP contribution >= 0.6 is 11.6 Å². The van der Waals surface area contributed by atoms with Crippen molar-refractivity contribution in [1.29, 1.82) is 0 Å². The Kier molecular flexibility index (Phi) is 3.86. The molecule has 0 radical (unpaired) electrons. The van der Waals surface area contributed by atoms with Crippen LogP contribution in [0.5, 0.6) is 0 Å². The lowest BCUT2D eigenvalue weighted by molar-refractivity contribution is 0.0683. The van der Waals surface area contributed by atoms with E-state index in [0.29, 0.717) is 17.5 Å². The van der Waals surface area contributed by atoms with Crippen molar-refractivity contribution in [2.45, 2.75) is 6.10 Å². The van der Waals surface area contributed by atoms with Gasteiger partial charge in [0.1, 0.15) is 11.9 Å². The topological polar surface area (TPSA) is 39.9 Å². The Morgan fingerprint density at radius 3 is 2.62 bits per heavy atom. The fourth-order valence-electron chi connectivity index (χ4n) is 1.87. The first-order valence-electron chi connectivity index (χ1n) is 5.49. The zero-order valence-corrected chi connectivity index (χ0v) is 10.2. The number of hydrogen-bond donors (Lipinski definition) is 1. The summed E-state index contributed by atoms with van der Waals surface area (Å²) in [4.78, 5) is 4.52. The summed E-state index contributed by atoms with van der Waals surface area (Å²) < 4.78 is 5.19. The summed E-state index contributed by atoms with van der Waals surface area (Å²) in [7, 11) is 2.11. The largest absolute Gasteiger partial charge is 0.447 e. The van der Waals surface area contributed by atoms with E-state index in [1.54, 1.807) is 12.1 Å². The van der Waals surface area contributed by atoms with E-state index in [0.717, 1.165) is 26.2 Å². The molecule has 1 aromatic rings. The van der Waals surface area contributed by atoms with Gasteiger partial charge in [-0.05, 0) is 30.8 Å². The summed E-state index contributed by atoms with van der Waals surface area (Å²) in [6.45, 7) is 4.68. The monoisotopic (exact) mass is 244 g/mol. The molecule has 4 nitrogen and oxygen atoms in total. The molecule has 0 spiro atoms. The van der Waals surface area contributed by atoms with Crippen LogP contribution in [0.4, 0.5) is 0 Å². The zero-order valence-electron chi connectivity index (χ0n) is 9.40. The van der Waals surface area contributed by atoms with Crippen LogP contribution < -0.4 is 0 Å². The van der Waals surface area contributed by atoms with Gasteiger partial charge in [-0.25, -0.2) is 0 Å². The average Bonchev–Trinajstić information content (AvgIpc) is 2.68. The van der Waals surface area contributed by atoms with Crippen LogP contribution in [0.1, 0.15) is 11.9 Å². The molecule has 1 aliphatic heterocycles. The molecule has 1 saturated heterocycles. The molecule has 1 atom stereocenters. The highest BCUT2D eigenvalue weighted by Crippen LogP contribution is 2.20. The van der Waals surface area contributed by atoms with E-state index >= 15 is 0 Å². The summed E-state index contributed by atoms with van der Waals surface area (Å²) in [6, 6.07) is 3.38. The third-order valence-corrected chi connectivity index (χ3v) is 3.15. The van der Waals surface area contributed by atoms with Gasteiger partial charge in [0, 0.05) is 32.7 Å². The molecule has 0 aromatic carbocycles. The van der Waals surface area contributed by atoms with Crippen LogP contribution in [0.25, 0.3) is 0 Å². The fraction of sp³-hybridized carbons (Fsp3) is 0.636. The van der Waals surface area contributed by atoms with Gasteiger partial charge >= 0.3 is 0 Å². The number of nitrogens with zero attached hydrogens (tertiary/aromatic N) is 2. The molecule has 2 rings (SSSR count). The molecule has 1 aromatic heterocycles. The van der Waals surface area contributed by atoms with Gasteiger partial charge in [0.25, 0.3) is 0 Å². The van der Waals surface area contributed by atoms with Crippen molar-refractivity contribution in [2.24, 2.45) is 0 Å². The van der Waals surface area contributed by atoms with Crippen LogP contribution in [-0.2, 0) is 0 Å². The maximum absolute atomic E-state index is 9.94. The van der Waals surface area contributed by atoms with Crippen molar-refractivity contribution in [2.75, 3.05) is 39.8 Å². The molecule has 16 heavy (non-hydrogen) atoms. The number of furan rings is 1. The highest BCUT2D eigenvalue weighted by atomic mass is 35.5. The SMILES string of the molecule is CN1CCN(CC(O)c2ccc(Cl)o2)CC1. The average molecular weight is 245 g/mol. The summed E-state index contributed by atoms with van der Waals surface area (Å²) in [5, 5.41) is 10.3. The molecule has 1 N–H and O–H groups in total. The highest BCUT2D eigenvalue weighted by molar-refractivity contribution is 6.28. The molecule has 90 valence electrons. The Labute approximate surface area is 100 Å². The second kappa shape index (κ2) is 5.19. The number of hydrogen-bond acceptors (Lipinski definition) is 4. The Morgan fingerprint density at radius 1 is 1.38 bits per heavy atom. The third-order valence-electron chi connectivity index (χ3n) is 2.95. The van der Waals surface area contributed by atoms with E-state index in [9.17, 15) is 5.11 Å². The van der Waals surface area contributed by atoms with Gasteiger partial charge in [-0.2, -0.15) is 0 Å². The summed E-state index contributed by atoms with van der Waals surface area (Å²) in [5.74, 6) is 0.545. The first kappa shape index (κ1) is 11.9. The number of β-amino-alcohol motifs (C(OH)–C–C–N with tert-alkyl or cyclic N) is 1. The van der Waals surface area contributed by atoms with E-state index in [1.807, 2.05) is 0 Å². The fourth-order valence-corrected chi connectivity index (χ4v) is 2.02. The van der Waals surface area contributed by atoms with E-state index in [-0.39, 0.29) is 0 Å². The van der Waals surface area contributed by atoms with Crippen LogP contribution in [-0.4, -0.2) is 54.7 Å². The number of aliphatic hydroxyl groups is 1. The molecular weight excluding hydrogens is 228 g/mol. The maximum atomic E-state index is 9.94. The summed E-state index contributed by atoms with van der Waals surface area (Å²) in [5.41, 5.74) is 0. The normalized spacial score (nSPS) is 21.2. The molecule has 1 fully saturated rings. The molecule has 0 amide bonds. The van der Waals surface area contributed by atoms with Crippen LogP contribution in [0.15, 0.2) is 16.5 Å². The van der Waals surface area contributed by atoms with Crippen molar-refractivity contribution in [3.63, 3.8) is 0 Å². The predicted octanol–water partition coefficient (Wildman–Crippen LogP) is 1.21. The molecule has 1 unspecified atom stereocenters. The lowest BCUT2D eigenvalue weighted by Gasteiger charge is -2.33. The van der Waals surface area contributed by atoms with Crippen LogP contribution in [0.2, 0.25) is 5.22 Å². The maximum Gasteiger partial charge on any atom is 0.193 e. The predicted molar refractivity (Wildman–Crippen MR) is 62.6 cm³/mol. The quantitative estimate of drug-likeness (QED) is 0.868. The van der Waals surface area contributed by atoms with Gasteiger partial charge in [-0.15, -0.1) is 0 Å². The Bertz CT molecular complexity index is 334. The Balaban J connectivity index is 1.85.